The molecule has 1 aliphatic rings. The van der Waals surface area contributed by atoms with E-state index in [1.54, 1.807) is 0 Å². The molecular weight excluding hydrogens is 272 g/mol. The number of thioether (sulfide) groups is 1. The lowest BCUT2D eigenvalue weighted by Crippen LogP contribution is -2.07. The van der Waals surface area contributed by atoms with Gasteiger partial charge in [0, 0.05) is 10.2 Å². The molecule has 21 heavy (non-hydrogen) atoms. The maximum Gasteiger partial charge on any atom is 0.0153 e. The van der Waals surface area contributed by atoms with E-state index in [9.17, 15) is 0 Å². The van der Waals surface area contributed by atoms with E-state index in [2.05, 4.69) is 78.5 Å². The van der Waals surface area contributed by atoms with Crippen LogP contribution >= 0.6 is 11.8 Å². The fraction of sp³-hybridized carbons (Fsp3) is 0.300. The molecule has 108 valence electrons. The monoisotopic (exact) mass is 294 g/mol. The minimum absolute atomic E-state index is 0.786. The molecule has 3 rings (SSSR count). The summed E-state index contributed by atoms with van der Waals surface area (Å²) >= 11 is 2.07. The molecule has 0 saturated heterocycles. The molecule has 0 heterocycles. The average molecular weight is 294 g/mol. The van der Waals surface area contributed by atoms with E-state index < -0.39 is 0 Å². The maximum absolute atomic E-state index is 2.34. The minimum Gasteiger partial charge on any atom is -0.122 e. The highest BCUT2D eigenvalue weighted by Gasteiger charge is 2.16. The Morgan fingerprint density at radius 1 is 0.810 bits per heavy atom. The lowest BCUT2D eigenvalue weighted by atomic mass is 10.0. The van der Waals surface area contributed by atoms with Gasteiger partial charge in [0.1, 0.15) is 0 Å². The smallest absolute Gasteiger partial charge is 0.0153 e. The molecule has 1 aliphatic carbocycles. The molecule has 0 aliphatic heterocycles. The van der Waals surface area contributed by atoms with Gasteiger partial charge < -0.3 is 0 Å². The zero-order valence-corrected chi connectivity index (χ0v) is 13.2. The third-order valence-electron chi connectivity index (χ3n) is 4.00. The van der Waals surface area contributed by atoms with Gasteiger partial charge in [-0.25, -0.2) is 0 Å². The summed E-state index contributed by atoms with van der Waals surface area (Å²) in [5, 5.41) is 0.786. The lowest BCUT2D eigenvalue weighted by molar-refractivity contribution is 0.517. The Hall–Kier alpha value is -1.47. The first kappa shape index (κ1) is 14.5. The third-order valence-corrected chi connectivity index (χ3v) is 5.41. The van der Waals surface area contributed by atoms with Crippen LogP contribution in [0.4, 0.5) is 0 Å². The predicted octanol–water partition coefficient (Wildman–Crippen LogP) is 6.25. The number of benzene rings is 2. The van der Waals surface area contributed by atoms with Crippen molar-refractivity contribution >= 4 is 22.7 Å². The van der Waals surface area contributed by atoms with Gasteiger partial charge in [-0.2, -0.15) is 0 Å². The molecule has 0 bridgehead atoms. The second-order valence-electron chi connectivity index (χ2n) is 5.66. The number of hydrogen-bond donors (Lipinski definition) is 0. The molecule has 0 aromatic heterocycles. The van der Waals surface area contributed by atoms with E-state index in [-0.39, 0.29) is 0 Å². The normalized spacial score (nSPS) is 16.9. The Bertz CT molecular complexity index is 565. The molecule has 0 atom stereocenters. The van der Waals surface area contributed by atoms with Gasteiger partial charge in [0.15, 0.2) is 0 Å². The largest absolute Gasteiger partial charge is 0.122 e. The molecule has 1 saturated carbocycles. The van der Waals surface area contributed by atoms with Crippen molar-refractivity contribution < 1.29 is 0 Å². The molecule has 0 N–H and O–H groups in total. The van der Waals surface area contributed by atoms with Crippen LogP contribution in [-0.2, 0) is 0 Å². The first-order chi connectivity index (χ1) is 10.4. The summed E-state index contributed by atoms with van der Waals surface area (Å²) in [5.74, 6) is 0. The molecule has 1 heteroatoms. The lowest BCUT2D eigenvalue weighted by Gasteiger charge is -2.22. The van der Waals surface area contributed by atoms with Crippen molar-refractivity contribution in [2.45, 2.75) is 37.4 Å². The fourth-order valence-electron chi connectivity index (χ4n) is 2.85. The van der Waals surface area contributed by atoms with Crippen LogP contribution in [0.1, 0.15) is 43.2 Å². The molecular formula is C20H22S. The van der Waals surface area contributed by atoms with Crippen LogP contribution < -0.4 is 0 Å². The van der Waals surface area contributed by atoms with Crippen LogP contribution in [0.25, 0.3) is 11.0 Å². The first-order valence-corrected chi connectivity index (χ1v) is 8.78. The zero-order valence-electron chi connectivity index (χ0n) is 12.4. The summed E-state index contributed by atoms with van der Waals surface area (Å²) in [7, 11) is 0. The van der Waals surface area contributed by atoms with Crippen LogP contribution in [0, 0.1) is 0 Å². The van der Waals surface area contributed by atoms with Crippen LogP contribution in [0.15, 0.2) is 60.7 Å². The van der Waals surface area contributed by atoms with E-state index >= 15 is 0 Å². The van der Waals surface area contributed by atoms with Crippen molar-refractivity contribution in [3.63, 3.8) is 0 Å². The van der Waals surface area contributed by atoms with Crippen LogP contribution in [0.5, 0.6) is 0 Å². The molecule has 0 radical (unpaired) electrons. The van der Waals surface area contributed by atoms with Crippen molar-refractivity contribution in [3.8, 4) is 0 Å². The van der Waals surface area contributed by atoms with Crippen molar-refractivity contribution in [2.75, 3.05) is 0 Å². The number of hydrogen-bond acceptors (Lipinski definition) is 1. The number of rotatable bonds is 4. The van der Waals surface area contributed by atoms with Crippen molar-refractivity contribution in [1.29, 1.82) is 0 Å². The van der Waals surface area contributed by atoms with Crippen LogP contribution in [-0.4, -0.2) is 5.25 Å². The highest BCUT2D eigenvalue weighted by molar-refractivity contribution is 8.09. The Balaban J connectivity index is 1.85. The van der Waals surface area contributed by atoms with Gasteiger partial charge in [0.05, 0.1) is 0 Å². The Morgan fingerprint density at radius 2 is 1.43 bits per heavy atom. The highest BCUT2D eigenvalue weighted by atomic mass is 32.2. The SMILES string of the molecule is C(=C(SC1CCCCC1)c1ccccc1)c1ccccc1. The molecule has 1 fully saturated rings. The quantitative estimate of drug-likeness (QED) is 0.600. The van der Waals surface area contributed by atoms with Gasteiger partial charge in [0.2, 0.25) is 0 Å². The predicted molar refractivity (Wildman–Crippen MR) is 95.2 cm³/mol. The molecule has 2 aromatic carbocycles. The van der Waals surface area contributed by atoms with E-state index in [0.29, 0.717) is 0 Å². The Labute approximate surface area is 132 Å². The zero-order chi connectivity index (χ0) is 14.3. The summed E-state index contributed by atoms with van der Waals surface area (Å²) in [6, 6.07) is 21.5. The fourth-order valence-corrected chi connectivity index (χ4v) is 4.26. The molecule has 0 spiro atoms. The average Bonchev–Trinajstić information content (AvgIpc) is 2.57. The Morgan fingerprint density at radius 3 is 2.10 bits per heavy atom. The van der Waals surface area contributed by atoms with Gasteiger partial charge in [0.25, 0.3) is 0 Å². The summed E-state index contributed by atoms with van der Waals surface area (Å²) in [6.45, 7) is 0. The van der Waals surface area contributed by atoms with E-state index in [0.717, 1.165) is 5.25 Å². The molecule has 2 aromatic rings. The van der Waals surface area contributed by atoms with Gasteiger partial charge in [-0.1, -0.05) is 79.9 Å². The van der Waals surface area contributed by atoms with Crippen LogP contribution in [0.2, 0.25) is 0 Å². The standard InChI is InChI=1S/C20H22S/c1-4-10-17(11-5-1)16-20(18-12-6-2-7-13-18)21-19-14-8-3-9-15-19/h1-2,4-7,10-13,16,19H,3,8-9,14-15H2. The summed E-state index contributed by atoms with van der Waals surface area (Å²) in [5.41, 5.74) is 2.64. The molecule has 0 nitrogen and oxygen atoms in total. The minimum atomic E-state index is 0.786. The summed E-state index contributed by atoms with van der Waals surface area (Å²) in [4.78, 5) is 1.41. The first-order valence-electron chi connectivity index (χ1n) is 7.91. The van der Waals surface area contributed by atoms with Crippen LogP contribution in [0.3, 0.4) is 0 Å². The van der Waals surface area contributed by atoms with Crippen molar-refractivity contribution in [2.24, 2.45) is 0 Å². The van der Waals surface area contributed by atoms with Crippen molar-refractivity contribution in [3.05, 3.63) is 71.8 Å². The van der Waals surface area contributed by atoms with Gasteiger partial charge >= 0.3 is 0 Å². The molecule has 0 unspecified atom stereocenters. The van der Waals surface area contributed by atoms with E-state index in [1.165, 1.54) is 48.1 Å². The van der Waals surface area contributed by atoms with Gasteiger partial charge in [-0.05, 0) is 30.0 Å². The van der Waals surface area contributed by atoms with Gasteiger partial charge in [-0.3, -0.25) is 0 Å². The summed E-state index contributed by atoms with van der Waals surface area (Å²) in [6.07, 6.45) is 9.28. The topological polar surface area (TPSA) is 0 Å². The second kappa shape index (κ2) is 7.51. The van der Waals surface area contributed by atoms with E-state index in [1.807, 2.05) is 0 Å². The Kier molecular flexibility index (Phi) is 5.18. The summed E-state index contributed by atoms with van der Waals surface area (Å²) < 4.78 is 0. The van der Waals surface area contributed by atoms with E-state index in [4.69, 9.17) is 0 Å². The third kappa shape index (κ3) is 4.25. The van der Waals surface area contributed by atoms with Crippen molar-refractivity contribution in [1.82, 2.24) is 0 Å². The maximum atomic E-state index is 2.34. The van der Waals surface area contributed by atoms with Gasteiger partial charge in [-0.15, -0.1) is 11.8 Å². The molecule has 0 amide bonds. The second-order valence-corrected chi connectivity index (χ2v) is 7.01. The highest BCUT2D eigenvalue weighted by Crippen LogP contribution is 2.38.